The first-order valence-electron chi connectivity index (χ1n) is 9.40. The monoisotopic (exact) mass is 352 g/mol. The number of aliphatic hydroxyl groups is 2. The van der Waals surface area contributed by atoms with E-state index in [0.29, 0.717) is 25.7 Å². The molecule has 1 rings (SSSR count). The Hall–Kier alpha value is -1.46. The molecule has 0 bridgehead atoms. The van der Waals surface area contributed by atoms with Crippen molar-refractivity contribution in [2.45, 2.75) is 76.9 Å². The van der Waals surface area contributed by atoms with Crippen LogP contribution in [0.2, 0.25) is 0 Å². The Balaban J connectivity index is 2.44. The second kappa shape index (κ2) is 12.0. The molecule has 142 valence electrons. The average Bonchev–Trinajstić information content (AvgIpc) is 2.90. The highest BCUT2D eigenvalue weighted by molar-refractivity contribution is 5.83. The van der Waals surface area contributed by atoms with Crippen molar-refractivity contribution in [2.24, 2.45) is 11.8 Å². The molecule has 4 atom stereocenters. The van der Waals surface area contributed by atoms with Crippen molar-refractivity contribution in [3.63, 3.8) is 0 Å². The van der Waals surface area contributed by atoms with Gasteiger partial charge in [0, 0.05) is 18.4 Å². The van der Waals surface area contributed by atoms with Gasteiger partial charge in [-0.2, -0.15) is 0 Å². The summed E-state index contributed by atoms with van der Waals surface area (Å²) < 4.78 is 0. The molecule has 5 nitrogen and oxygen atoms in total. The van der Waals surface area contributed by atoms with Gasteiger partial charge in [0.15, 0.2) is 0 Å². The first-order valence-corrected chi connectivity index (χ1v) is 9.40. The zero-order chi connectivity index (χ0) is 18.7. The predicted octanol–water partition coefficient (Wildman–Crippen LogP) is 3.25. The van der Waals surface area contributed by atoms with E-state index in [1.54, 1.807) is 6.08 Å². The highest BCUT2D eigenvalue weighted by Gasteiger charge is 2.34. The van der Waals surface area contributed by atoms with E-state index in [2.05, 4.69) is 6.92 Å². The molecule has 1 aliphatic carbocycles. The Labute approximate surface area is 150 Å². The van der Waals surface area contributed by atoms with Crippen molar-refractivity contribution in [3.8, 4) is 0 Å². The number of carboxylic acid groups (broad SMARTS) is 1. The predicted molar refractivity (Wildman–Crippen MR) is 97.1 cm³/mol. The second-order valence-electron chi connectivity index (χ2n) is 6.93. The highest BCUT2D eigenvalue weighted by atomic mass is 16.4. The van der Waals surface area contributed by atoms with Crippen molar-refractivity contribution in [3.05, 3.63) is 24.3 Å². The number of carboxylic acids is 1. The maximum atomic E-state index is 12.1. The number of rotatable bonds is 12. The lowest BCUT2D eigenvalue weighted by atomic mass is 9.88. The zero-order valence-electron chi connectivity index (χ0n) is 15.1. The van der Waals surface area contributed by atoms with Gasteiger partial charge < -0.3 is 15.3 Å². The summed E-state index contributed by atoms with van der Waals surface area (Å²) in [5.41, 5.74) is 0. The van der Waals surface area contributed by atoms with Gasteiger partial charge in [-0.05, 0) is 38.0 Å². The van der Waals surface area contributed by atoms with Gasteiger partial charge in [0.25, 0.3) is 0 Å². The number of unbranched alkanes of at least 4 members (excludes halogenated alkanes) is 2. The van der Waals surface area contributed by atoms with Crippen molar-refractivity contribution in [2.75, 3.05) is 0 Å². The maximum Gasteiger partial charge on any atom is 0.327 e. The molecule has 0 aromatic heterocycles. The summed E-state index contributed by atoms with van der Waals surface area (Å²) in [7, 11) is 0. The standard InChI is InChI=1S/C20H32O5/c1-2-3-4-7-16(21)12-10-15-11-13-19(23)18(15)14-17(22)8-5-6-9-20(24)25/h6,9-10,12,15-18,21-22H,2-5,7-8,11,13-14H2,1H3,(H,24,25)/t15-,16?,17?,18+/m0/s1. The van der Waals surface area contributed by atoms with Gasteiger partial charge in [0.2, 0.25) is 0 Å². The minimum absolute atomic E-state index is 0.0811. The van der Waals surface area contributed by atoms with E-state index in [1.807, 2.05) is 6.08 Å². The second-order valence-corrected chi connectivity index (χ2v) is 6.93. The van der Waals surface area contributed by atoms with E-state index < -0.39 is 18.2 Å². The Bertz CT molecular complexity index is 469. The molecule has 1 saturated carbocycles. The van der Waals surface area contributed by atoms with E-state index in [9.17, 15) is 19.8 Å². The van der Waals surface area contributed by atoms with E-state index in [4.69, 9.17) is 5.11 Å². The lowest BCUT2D eigenvalue weighted by Gasteiger charge is -2.19. The van der Waals surface area contributed by atoms with Crippen LogP contribution >= 0.6 is 0 Å². The highest BCUT2D eigenvalue weighted by Crippen LogP contribution is 2.34. The lowest BCUT2D eigenvalue weighted by Crippen LogP contribution is -2.21. The van der Waals surface area contributed by atoms with Crippen LogP contribution in [0.25, 0.3) is 0 Å². The summed E-state index contributed by atoms with van der Waals surface area (Å²) in [6.07, 6.45) is 11.9. The molecule has 0 spiro atoms. The Morgan fingerprint density at radius 2 is 2.04 bits per heavy atom. The number of carbonyl (C=O) groups excluding carboxylic acids is 1. The molecule has 3 N–H and O–H groups in total. The molecule has 0 aliphatic heterocycles. The third-order valence-corrected chi connectivity index (χ3v) is 4.79. The maximum absolute atomic E-state index is 12.1. The molecule has 0 heterocycles. The minimum Gasteiger partial charge on any atom is -0.478 e. The SMILES string of the molecule is CCCCCC(O)C=C[C@H]1CCC(=O)[C@@H]1CC(O)CCC=CC(=O)O. The third kappa shape index (κ3) is 8.98. The molecule has 0 aromatic rings. The van der Waals surface area contributed by atoms with Gasteiger partial charge in [-0.25, -0.2) is 4.79 Å². The molecule has 2 unspecified atom stereocenters. The summed E-state index contributed by atoms with van der Waals surface area (Å²) in [6.45, 7) is 2.12. The fraction of sp³-hybridized carbons (Fsp3) is 0.700. The number of Topliss-reactive ketones (excluding diaryl/α,β-unsaturated/α-hetero) is 1. The molecule has 0 radical (unpaired) electrons. The van der Waals surface area contributed by atoms with Gasteiger partial charge in [-0.1, -0.05) is 44.4 Å². The molecule has 25 heavy (non-hydrogen) atoms. The summed E-state index contributed by atoms with van der Waals surface area (Å²) >= 11 is 0. The largest absolute Gasteiger partial charge is 0.478 e. The Morgan fingerprint density at radius 3 is 2.72 bits per heavy atom. The van der Waals surface area contributed by atoms with Crippen molar-refractivity contribution < 1.29 is 24.9 Å². The van der Waals surface area contributed by atoms with Crippen LogP contribution < -0.4 is 0 Å². The molecule has 1 aliphatic rings. The van der Waals surface area contributed by atoms with Crippen LogP contribution in [-0.2, 0) is 9.59 Å². The van der Waals surface area contributed by atoms with Gasteiger partial charge in [0.05, 0.1) is 12.2 Å². The van der Waals surface area contributed by atoms with E-state index in [1.165, 1.54) is 6.08 Å². The van der Waals surface area contributed by atoms with Crippen LogP contribution in [0, 0.1) is 11.8 Å². The Kier molecular flexibility index (Phi) is 10.3. The van der Waals surface area contributed by atoms with Crippen LogP contribution in [-0.4, -0.2) is 39.3 Å². The van der Waals surface area contributed by atoms with Crippen LogP contribution in [0.3, 0.4) is 0 Å². The van der Waals surface area contributed by atoms with Gasteiger partial charge in [-0.15, -0.1) is 0 Å². The molecule has 5 heteroatoms. The van der Waals surface area contributed by atoms with Crippen LogP contribution in [0.15, 0.2) is 24.3 Å². The summed E-state index contributed by atoms with van der Waals surface area (Å²) in [5, 5.41) is 28.6. The van der Waals surface area contributed by atoms with Gasteiger partial charge >= 0.3 is 5.97 Å². The molecular weight excluding hydrogens is 320 g/mol. The third-order valence-electron chi connectivity index (χ3n) is 4.79. The van der Waals surface area contributed by atoms with Crippen molar-refractivity contribution in [1.29, 1.82) is 0 Å². The van der Waals surface area contributed by atoms with Crippen LogP contribution in [0.1, 0.15) is 64.7 Å². The number of ketones is 1. The van der Waals surface area contributed by atoms with E-state index >= 15 is 0 Å². The molecule has 0 aromatic carbocycles. The minimum atomic E-state index is -0.997. The number of carbonyl (C=O) groups is 2. The van der Waals surface area contributed by atoms with Crippen molar-refractivity contribution >= 4 is 11.8 Å². The first-order chi connectivity index (χ1) is 11.9. The smallest absolute Gasteiger partial charge is 0.327 e. The zero-order valence-corrected chi connectivity index (χ0v) is 15.1. The summed E-state index contributed by atoms with van der Waals surface area (Å²) in [4.78, 5) is 22.5. The van der Waals surface area contributed by atoms with E-state index in [0.717, 1.165) is 38.2 Å². The first kappa shape index (κ1) is 21.6. The summed E-state index contributed by atoms with van der Waals surface area (Å²) in [5.74, 6) is -0.937. The molecule has 1 fully saturated rings. The van der Waals surface area contributed by atoms with Crippen LogP contribution in [0.5, 0.6) is 0 Å². The average molecular weight is 352 g/mol. The number of allylic oxidation sites excluding steroid dienone is 2. The normalized spacial score (nSPS) is 23.6. The van der Waals surface area contributed by atoms with Crippen molar-refractivity contribution in [1.82, 2.24) is 0 Å². The van der Waals surface area contributed by atoms with E-state index in [-0.39, 0.29) is 17.6 Å². The van der Waals surface area contributed by atoms with Gasteiger partial charge in [-0.3, -0.25) is 4.79 Å². The lowest BCUT2D eigenvalue weighted by molar-refractivity contribution is -0.131. The molecular formula is C20H32O5. The fourth-order valence-corrected chi connectivity index (χ4v) is 3.33. The molecule has 0 amide bonds. The number of hydrogen-bond donors (Lipinski definition) is 3. The van der Waals surface area contributed by atoms with Crippen LogP contribution in [0.4, 0.5) is 0 Å². The number of hydrogen-bond acceptors (Lipinski definition) is 4. The Morgan fingerprint density at radius 1 is 1.28 bits per heavy atom. The number of aliphatic hydroxyl groups excluding tert-OH is 2. The number of aliphatic carboxylic acids is 1. The topological polar surface area (TPSA) is 94.8 Å². The molecule has 0 saturated heterocycles. The van der Waals surface area contributed by atoms with Gasteiger partial charge in [0.1, 0.15) is 5.78 Å². The summed E-state index contributed by atoms with van der Waals surface area (Å²) in [6, 6.07) is 0. The fourth-order valence-electron chi connectivity index (χ4n) is 3.33. The quantitative estimate of drug-likeness (QED) is 0.285.